The number of hydrogen-bond acceptors (Lipinski definition) is 4. The number of carbonyl (C=O) groups excluding carboxylic acids is 1. The number of aryl methyl sites for hydroxylation is 1. The van der Waals surface area contributed by atoms with E-state index in [4.69, 9.17) is 5.73 Å². The van der Waals surface area contributed by atoms with Gasteiger partial charge in [0.1, 0.15) is 0 Å². The van der Waals surface area contributed by atoms with Gasteiger partial charge in [-0.05, 0) is 32.6 Å². The summed E-state index contributed by atoms with van der Waals surface area (Å²) in [6, 6.07) is 0.466. The summed E-state index contributed by atoms with van der Waals surface area (Å²) in [6.07, 6.45) is 5.16. The number of hydrogen-bond donors (Lipinski definition) is 2. The smallest absolute Gasteiger partial charge is 0.273 e. The number of nitrogens with one attached hydrogen (secondary N) is 1. The molecule has 2 atom stereocenters. The first kappa shape index (κ1) is 13.5. The van der Waals surface area contributed by atoms with Crippen LogP contribution in [-0.2, 0) is 13.0 Å². The third-order valence-electron chi connectivity index (χ3n) is 5.20. The van der Waals surface area contributed by atoms with Crippen LogP contribution in [0.25, 0.3) is 0 Å². The summed E-state index contributed by atoms with van der Waals surface area (Å²) in [5.41, 5.74) is 7.68. The van der Waals surface area contributed by atoms with E-state index in [0.717, 1.165) is 37.9 Å². The van der Waals surface area contributed by atoms with E-state index in [9.17, 15) is 4.79 Å². The van der Waals surface area contributed by atoms with Gasteiger partial charge in [0, 0.05) is 24.0 Å². The zero-order chi connectivity index (χ0) is 14.3. The first-order chi connectivity index (χ1) is 9.62. The third kappa shape index (κ3) is 1.78. The number of carbonyl (C=O) groups is 1. The molecular weight excluding hydrogens is 254 g/mol. The standard InChI is InChI=1S/C14H23N5O/c1-3-9-12(17-18-19(9)4-2)13(20)16-11-8-10(15)14(11)6-5-7-14/h10-11H,3-8,15H2,1-2H3,(H,16,20). The molecule has 1 aromatic heterocycles. The Morgan fingerprint density at radius 1 is 1.50 bits per heavy atom. The van der Waals surface area contributed by atoms with Gasteiger partial charge in [-0.2, -0.15) is 0 Å². The van der Waals surface area contributed by atoms with Crippen molar-refractivity contribution in [2.45, 2.75) is 64.6 Å². The number of rotatable bonds is 4. The number of nitrogens with two attached hydrogens (primary N) is 1. The van der Waals surface area contributed by atoms with Crippen LogP contribution in [-0.4, -0.2) is 33.0 Å². The molecule has 1 amide bonds. The minimum atomic E-state index is -0.0928. The van der Waals surface area contributed by atoms with E-state index in [0.29, 0.717) is 5.69 Å². The van der Waals surface area contributed by atoms with E-state index in [1.54, 1.807) is 4.68 Å². The van der Waals surface area contributed by atoms with Crippen LogP contribution in [0.1, 0.15) is 55.7 Å². The summed E-state index contributed by atoms with van der Waals surface area (Å²) < 4.78 is 1.79. The maximum absolute atomic E-state index is 12.4. The maximum atomic E-state index is 12.4. The van der Waals surface area contributed by atoms with Gasteiger partial charge in [0.2, 0.25) is 0 Å². The van der Waals surface area contributed by atoms with Crippen LogP contribution >= 0.6 is 0 Å². The summed E-state index contributed by atoms with van der Waals surface area (Å²) in [7, 11) is 0. The Labute approximate surface area is 119 Å². The molecule has 2 aliphatic rings. The van der Waals surface area contributed by atoms with E-state index in [2.05, 4.69) is 15.6 Å². The summed E-state index contributed by atoms with van der Waals surface area (Å²) in [4.78, 5) is 12.4. The van der Waals surface area contributed by atoms with Crippen molar-refractivity contribution in [3.8, 4) is 0 Å². The average Bonchev–Trinajstić information content (AvgIpc) is 2.78. The topological polar surface area (TPSA) is 85.8 Å². The van der Waals surface area contributed by atoms with Gasteiger partial charge in [0.05, 0.1) is 5.69 Å². The van der Waals surface area contributed by atoms with E-state index >= 15 is 0 Å². The number of amides is 1. The van der Waals surface area contributed by atoms with Gasteiger partial charge in [-0.1, -0.05) is 18.6 Å². The Bertz CT molecular complexity index is 520. The monoisotopic (exact) mass is 277 g/mol. The van der Waals surface area contributed by atoms with Gasteiger partial charge in [0.25, 0.3) is 5.91 Å². The molecule has 0 aliphatic heterocycles. The van der Waals surface area contributed by atoms with Crippen LogP contribution in [0.2, 0.25) is 0 Å². The molecule has 1 heterocycles. The van der Waals surface area contributed by atoms with Crippen molar-refractivity contribution in [1.29, 1.82) is 0 Å². The lowest BCUT2D eigenvalue weighted by Gasteiger charge is -2.60. The SMILES string of the molecule is CCc1c(C(=O)NC2CC(N)C23CCC3)nnn1CC. The van der Waals surface area contributed by atoms with E-state index in [1.807, 2.05) is 13.8 Å². The molecule has 6 heteroatoms. The molecule has 0 radical (unpaired) electrons. The lowest BCUT2D eigenvalue weighted by Crippen LogP contribution is -2.69. The largest absolute Gasteiger partial charge is 0.347 e. The molecule has 1 spiro atoms. The highest BCUT2D eigenvalue weighted by atomic mass is 16.2. The predicted octanol–water partition coefficient (Wildman–Crippen LogP) is 0.860. The molecule has 6 nitrogen and oxygen atoms in total. The van der Waals surface area contributed by atoms with Gasteiger partial charge in [-0.15, -0.1) is 5.10 Å². The Balaban J connectivity index is 1.73. The quantitative estimate of drug-likeness (QED) is 0.854. The second-order valence-corrected chi connectivity index (χ2v) is 6.01. The first-order valence-electron chi connectivity index (χ1n) is 7.61. The van der Waals surface area contributed by atoms with Gasteiger partial charge >= 0.3 is 0 Å². The van der Waals surface area contributed by atoms with Crippen LogP contribution < -0.4 is 11.1 Å². The fraction of sp³-hybridized carbons (Fsp3) is 0.786. The lowest BCUT2D eigenvalue weighted by molar-refractivity contribution is -0.0390. The van der Waals surface area contributed by atoms with Crippen LogP contribution in [0.4, 0.5) is 0 Å². The van der Waals surface area contributed by atoms with E-state index < -0.39 is 0 Å². The number of aromatic nitrogens is 3. The molecule has 2 aliphatic carbocycles. The second kappa shape index (κ2) is 4.84. The summed E-state index contributed by atoms with van der Waals surface area (Å²) >= 11 is 0. The Morgan fingerprint density at radius 3 is 2.75 bits per heavy atom. The van der Waals surface area contributed by atoms with Gasteiger partial charge in [-0.25, -0.2) is 4.68 Å². The lowest BCUT2D eigenvalue weighted by atomic mass is 9.50. The minimum Gasteiger partial charge on any atom is -0.347 e. The van der Waals surface area contributed by atoms with Crippen LogP contribution in [0, 0.1) is 5.41 Å². The highest BCUT2D eigenvalue weighted by Gasteiger charge is 2.57. The zero-order valence-electron chi connectivity index (χ0n) is 12.2. The highest BCUT2D eigenvalue weighted by Crippen LogP contribution is 2.55. The molecule has 1 aromatic rings. The molecule has 0 saturated heterocycles. The van der Waals surface area contributed by atoms with Gasteiger partial charge in [-0.3, -0.25) is 4.79 Å². The molecule has 2 saturated carbocycles. The normalized spacial score (nSPS) is 26.9. The number of nitrogens with zero attached hydrogens (tertiary/aromatic N) is 3. The van der Waals surface area contributed by atoms with Crippen molar-refractivity contribution in [3.63, 3.8) is 0 Å². The summed E-state index contributed by atoms with van der Waals surface area (Å²) in [6.45, 7) is 4.76. The van der Waals surface area contributed by atoms with Crippen molar-refractivity contribution in [3.05, 3.63) is 11.4 Å². The predicted molar refractivity (Wildman–Crippen MR) is 75.2 cm³/mol. The molecule has 3 N–H and O–H groups in total. The third-order valence-corrected chi connectivity index (χ3v) is 5.20. The Morgan fingerprint density at radius 2 is 2.25 bits per heavy atom. The summed E-state index contributed by atoms with van der Waals surface area (Å²) in [5.74, 6) is -0.0928. The van der Waals surface area contributed by atoms with E-state index in [-0.39, 0.29) is 23.4 Å². The molecule has 0 aromatic carbocycles. The molecule has 3 rings (SSSR count). The second-order valence-electron chi connectivity index (χ2n) is 6.01. The van der Waals surface area contributed by atoms with Crippen molar-refractivity contribution < 1.29 is 4.79 Å². The van der Waals surface area contributed by atoms with Crippen LogP contribution in [0.3, 0.4) is 0 Å². The molecular formula is C14H23N5O. The molecule has 110 valence electrons. The first-order valence-corrected chi connectivity index (χ1v) is 7.61. The van der Waals surface area contributed by atoms with Crippen molar-refractivity contribution in [2.75, 3.05) is 0 Å². The average molecular weight is 277 g/mol. The summed E-state index contributed by atoms with van der Waals surface area (Å²) in [5, 5.41) is 11.2. The van der Waals surface area contributed by atoms with Crippen molar-refractivity contribution in [2.24, 2.45) is 11.1 Å². The van der Waals surface area contributed by atoms with Gasteiger partial charge in [0.15, 0.2) is 5.69 Å². The molecule has 0 bridgehead atoms. The fourth-order valence-electron chi connectivity index (χ4n) is 3.67. The zero-order valence-corrected chi connectivity index (χ0v) is 12.2. The highest BCUT2D eigenvalue weighted by molar-refractivity contribution is 5.93. The minimum absolute atomic E-state index is 0.0928. The molecule has 2 fully saturated rings. The maximum Gasteiger partial charge on any atom is 0.273 e. The van der Waals surface area contributed by atoms with Gasteiger partial charge < -0.3 is 11.1 Å². The Hall–Kier alpha value is -1.43. The van der Waals surface area contributed by atoms with Crippen molar-refractivity contribution in [1.82, 2.24) is 20.3 Å². The van der Waals surface area contributed by atoms with Crippen LogP contribution in [0.5, 0.6) is 0 Å². The van der Waals surface area contributed by atoms with Crippen LogP contribution in [0.15, 0.2) is 0 Å². The molecule has 2 unspecified atom stereocenters. The van der Waals surface area contributed by atoms with E-state index in [1.165, 1.54) is 6.42 Å². The fourth-order valence-corrected chi connectivity index (χ4v) is 3.67. The Kier molecular flexibility index (Phi) is 3.28. The molecule has 20 heavy (non-hydrogen) atoms. The van der Waals surface area contributed by atoms with Crippen molar-refractivity contribution >= 4 is 5.91 Å².